The summed E-state index contributed by atoms with van der Waals surface area (Å²) < 4.78 is 4.37. The summed E-state index contributed by atoms with van der Waals surface area (Å²) in [6, 6.07) is 0. The van der Waals surface area contributed by atoms with Gasteiger partial charge in [0.05, 0.1) is 13.2 Å². The largest absolute Gasteiger partial charge is 0.466 e. The summed E-state index contributed by atoms with van der Waals surface area (Å²) in [5, 5.41) is 9.00. The predicted octanol–water partition coefficient (Wildman–Crippen LogP) is 0.732. The van der Waals surface area contributed by atoms with Gasteiger partial charge in [-0.2, -0.15) is 0 Å². The van der Waals surface area contributed by atoms with Gasteiger partial charge in [-0.1, -0.05) is 13.0 Å². The molecule has 0 aromatic rings. The number of rotatable bonds is 3. The van der Waals surface area contributed by atoms with Crippen LogP contribution >= 0.6 is 0 Å². The lowest BCUT2D eigenvalue weighted by Crippen LogP contribution is -2.10. The second-order valence-corrected chi connectivity index (χ2v) is 2.48. The average Bonchev–Trinajstić information content (AvgIpc) is 1.99. The number of esters is 1. The Hall–Kier alpha value is -0.830. The van der Waals surface area contributed by atoms with Crippen LogP contribution in [0.25, 0.3) is 0 Å². The molecule has 0 bridgehead atoms. The fourth-order valence-corrected chi connectivity index (χ4v) is 0.459. The summed E-state index contributed by atoms with van der Waals surface area (Å²) >= 11 is 0. The minimum atomic E-state index is -0.434. The molecule has 0 aliphatic rings. The van der Waals surface area contributed by atoms with Gasteiger partial charge in [0.1, 0.15) is 0 Å². The van der Waals surface area contributed by atoms with Gasteiger partial charge in [0.15, 0.2) is 0 Å². The average molecular weight is 158 g/mol. The third kappa shape index (κ3) is 4.56. The molecule has 0 amide bonds. The number of hydrogen-bond donors (Lipinski definition) is 1. The van der Waals surface area contributed by atoms with Crippen molar-refractivity contribution < 1.29 is 14.6 Å². The van der Waals surface area contributed by atoms with Crippen molar-refractivity contribution in [2.24, 2.45) is 5.92 Å². The summed E-state index contributed by atoms with van der Waals surface area (Å²) in [7, 11) is 1.32. The van der Waals surface area contributed by atoms with Gasteiger partial charge in [-0.3, -0.25) is 0 Å². The fourth-order valence-electron chi connectivity index (χ4n) is 0.459. The first kappa shape index (κ1) is 10.2. The minimum Gasteiger partial charge on any atom is -0.466 e. The van der Waals surface area contributed by atoms with E-state index in [-0.39, 0.29) is 5.92 Å². The van der Waals surface area contributed by atoms with E-state index in [2.05, 4.69) is 4.74 Å². The number of carbonyl (C=O) groups excluding carboxylic acids is 1. The van der Waals surface area contributed by atoms with Crippen LogP contribution in [0.2, 0.25) is 0 Å². The first-order valence-electron chi connectivity index (χ1n) is 3.52. The smallest absolute Gasteiger partial charge is 0.330 e. The van der Waals surface area contributed by atoms with E-state index in [4.69, 9.17) is 5.11 Å². The molecule has 3 nitrogen and oxygen atoms in total. The SMILES string of the molecule is COC(=O)/C=C/[C@@H](C)[C@@H](C)O. The molecular formula is C8H14O3. The number of ether oxygens (including phenoxy) is 1. The highest BCUT2D eigenvalue weighted by Gasteiger charge is 2.04. The molecule has 2 atom stereocenters. The van der Waals surface area contributed by atoms with Crippen molar-refractivity contribution in [1.82, 2.24) is 0 Å². The minimum absolute atomic E-state index is 0.0194. The number of aliphatic hydroxyl groups is 1. The molecule has 1 N–H and O–H groups in total. The van der Waals surface area contributed by atoms with Crippen LogP contribution in [0.4, 0.5) is 0 Å². The standard InChI is InChI=1S/C8H14O3/c1-6(7(2)9)4-5-8(10)11-3/h4-7,9H,1-3H3/b5-4+/t6-,7-/m1/s1. The monoisotopic (exact) mass is 158 g/mol. The lowest BCUT2D eigenvalue weighted by molar-refractivity contribution is -0.134. The maximum Gasteiger partial charge on any atom is 0.330 e. The van der Waals surface area contributed by atoms with Crippen LogP contribution in [0, 0.1) is 5.92 Å². The Morgan fingerprint density at radius 2 is 2.09 bits per heavy atom. The Morgan fingerprint density at radius 3 is 2.45 bits per heavy atom. The maximum absolute atomic E-state index is 10.5. The molecule has 0 heterocycles. The first-order valence-corrected chi connectivity index (χ1v) is 3.52. The molecule has 0 radical (unpaired) electrons. The highest BCUT2D eigenvalue weighted by molar-refractivity contribution is 5.81. The van der Waals surface area contributed by atoms with Crippen molar-refractivity contribution >= 4 is 5.97 Å². The van der Waals surface area contributed by atoms with Crippen molar-refractivity contribution in [2.45, 2.75) is 20.0 Å². The molecule has 0 saturated heterocycles. The zero-order chi connectivity index (χ0) is 8.85. The lowest BCUT2D eigenvalue weighted by Gasteiger charge is -2.07. The normalized spacial score (nSPS) is 16.4. The van der Waals surface area contributed by atoms with E-state index in [1.807, 2.05) is 6.92 Å². The van der Waals surface area contributed by atoms with Crippen LogP contribution in [-0.2, 0) is 9.53 Å². The van der Waals surface area contributed by atoms with Gasteiger partial charge >= 0.3 is 5.97 Å². The number of methoxy groups -OCH3 is 1. The van der Waals surface area contributed by atoms with Crippen LogP contribution in [0.1, 0.15) is 13.8 Å². The second kappa shape index (κ2) is 4.91. The highest BCUT2D eigenvalue weighted by atomic mass is 16.5. The Morgan fingerprint density at radius 1 is 1.55 bits per heavy atom. The van der Waals surface area contributed by atoms with Crippen LogP contribution in [0.3, 0.4) is 0 Å². The summed E-state index contributed by atoms with van der Waals surface area (Å²) in [6.07, 6.45) is 2.50. The fraction of sp³-hybridized carbons (Fsp3) is 0.625. The molecule has 64 valence electrons. The van der Waals surface area contributed by atoms with Crippen molar-refractivity contribution in [3.05, 3.63) is 12.2 Å². The van der Waals surface area contributed by atoms with Crippen LogP contribution < -0.4 is 0 Å². The molecule has 0 fully saturated rings. The molecule has 0 aromatic carbocycles. The van der Waals surface area contributed by atoms with Gasteiger partial charge in [-0.15, -0.1) is 0 Å². The Labute approximate surface area is 66.7 Å². The number of aliphatic hydroxyl groups excluding tert-OH is 1. The van der Waals surface area contributed by atoms with Crippen LogP contribution in [0.5, 0.6) is 0 Å². The van der Waals surface area contributed by atoms with Crippen molar-refractivity contribution in [1.29, 1.82) is 0 Å². The van der Waals surface area contributed by atoms with Gasteiger partial charge in [-0.25, -0.2) is 4.79 Å². The van der Waals surface area contributed by atoms with Gasteiger partial charge < -0.3 is 9.84 Å². The van der Waals surface area contributed by atoms with E-state index in [1.54, 1.807) is 13.0 Å². The molecule has 3 heteroatoms. The third-order valence-electron chi connectivity index (χ3n) is 1.50. The zero-order valence-electron chi connectivity index (χ0n) is 7.07. The summed E-state index contributed by atoms with van der Waals surface area (Å²) in [5.74, 6) is -0.411. The maximum atomic E-state index is 10.5. The molecule has 0 rings (SSSR count). The molecule has 0 aromatic heterocycles. The quantitative estimate of drug-likeness (QED) is 0.486. The van der Waals surface area contributed by atoms with E-state index in [9.17, 15) is 4.79 Å². The zero-order valence-corrected chi connectivity index (χ0v) is 7.07. The Balaban J connectivity index is 3.82. The van der Waals surface area contributed by atoms with Gasteiger partial charge in [0, 0.05) is 12.0 Å². The van der Waals surface area contributed by atoms with Gasteiger partial charge in [-0.05, 0) is 6.92 Å². The molecule has 0 saturated carbocycles. The van der Waals surface area contributed by atoms with E-state index in [1.165, 1.54) is 13.2 Å². The van der Waals surface area contributed by atoms with Crippen LogP contribution in [0.15, 0.2) is 12.2 Å². The molecular weight excluding hydrogens is 144 g/mol. The van der Waals surface area contributed by atoms with Crippen LogP contribution in [-0.4, -0.2) is 24.3 Å². The predicted molar refractivity (Wildman–Crippen MR) is 42.0 cm³/mol. The lowest BCUT2D eigenvalue weighted by atomic mass is 10.1. The number of hydrogen-bond acceptors (Lipinski definition) is 3. The Kier molecular flexibility index (Phi) is 4.54. The van der Waals surface area contributed by atoms with Gasteiger partial charge in [0.2, 0.25) is 0 Å². The summed E-state index contributed by atoms with van der Waals surface area (Å²) in [6.45, 7) is 3.50. The molecule has 0 aliphatic heterocycles. The van der Waals surface area contributed by atoms with E-state index < -0.39 is 12.1 Å². The topological polar surface area (TPSA) is 46.5 Å². The van der Waals surface area contributed by atoms with E-state index in [0.29, 0.717) is 0 Å². The summed E-state index contributed by atoms with van der Waals surface area (Å²) in [4.78, 5) is 10.5. The molecule has 0 aliphatic carbocycles. The van der Waals surface area contributed by atoms with Gasteiger partial charge in [0.25, 0.3) is 0 Å². The first-order chi connectivity index (χ1) is 5.07. The highest BCUT2D eigenvalue weighted by Crippen LogP contribution is 2.03. The van der Waals surface area contributed by atoms with E-state index in [0.717, 1.165) is 0 Å². The molecule has 0 unspecified atom stereocenters. The second-order valence-electron chi connectivity index (χ2n) is 2.48. The Bertz CT molecular complexity index is 149. The molecule has 11 heavy (non-hydrogen) atoms. The van der Waals surface area contributed by atoms with Crippen molar-refractivity contribution in [3.63, 3.8) is 0 Å². The van der Waals surface area contributed by atoms with Crippen molar-refractivity contribution in [3.8, 4) is 0 Å². The van der Waals surface area contributed by atoms with E-state index >= 15 is 0 Å². The summed E-state index contributed by atoms with van der Waals surface area (Å²) in [5.41, 5.74) is 0. The number of carbonyl (C=O) groups is 1. The molecule has 0 spiro atoms. The van der Waals surface area contributed by atoms with Crippen molar-refractivity contribution in [2.75, 3.05) is 7.11 Å². The third-order valence-corrected chi connectivity index (χ3v) is 1.50.